The third-order valence-electron chi connectivity index (χ3n) is 4.05. The number of carbonyl (C=O) groups excluding carboxylic acids is 2. The Hall–Kier alpha value is -2.48. The predicted molar refractivity (Wildman–Crippen MR) is 85.4 cm³/mol. The van der Waals surface area contributed by atoms with Gasteiger partial charge in [0.05, 0.1) is 18.9 Å². The van der Waals surface area contributed by atoms with E-state index in [2.05, 4.69) is 5.16 Å². The average molecular weight is 350 g/mol. The lowest BCUT2D eigenvalue weighted by atomic mass is 10.1. The minimum absolute atomic E-state index is 0.167. The molecule has 1 aromatic carbocycles. The molecule has 2 atom stereocenters. The second-order valence-electron chi connectivity index (χ2n) is 5.86. The van der Waals surface area contributed by atoms with Crippen LogP contribution in [0.1, 0.15) is 18.9 Å². The first kappa shape index (κ1) is 17.3. The summed E-state index contributed by atoms with van der Waals surface area (Å²) in [6, 6.07) is 5.89. The van der Waals surface area contributed by atoms with Crippen molar-refractivity contribution in [2.45, 2.75) is 25.6 Å². The van der Waals surface area contributed by atoms with Gasteiger partial charge in [0.25, 0.3) is 5.91 Å². The molecule has 1 saturated heterocycles. The standard InChI is InChI=1S/C17H19FN2O5/c1-11(16(21)20-5-7-23-8-6-20)24-17(22)15-10-14(19-25-15)12-3-2-4-13(18)9-12/h2-4,9,11,15H,5-8,10H2,1H3. The van der Waals surface area contributed by atoms with Gasteiger partial charge in [-0.05, 0) is 19.1 Å². The molecule has 0 aromatic heterocycles. The molecule has 2 unspecified atom stereocenters. The molecule has 2 aliphatic rings. The molecule has 0 saturated carbocycles. The first-order valence-electron chi connectivity index (χ1n) is 8.10. The molecule has 3 rings (SSSR count). The van der Waals surface area contributed by atoms with E-state index in [1.54, 1.807) is 17.0 Å². The molecule has 0 radical (unpaired) electrons. The summed E-state index contributed by atoms with van der Waals surface area (Å²) in [6.45, 7) is 3.44. The van der Waals surface area contributed by atoms with Crippen LogP contribution in [0.2, 0.25) is 0 Å². The van der Waals surface area contributed by atoms with Crippen molar-refractivity contribution in [1.82, 2.24) is 4.90 Å². The minimum Gasteiger partial charge on any atom is -0.450 e. The minimum atomic E-state index is -0.932. The number of ether oxygens (including phenoxy) is 2. The molecule has 1 amide bonds. The van der Waals surface area contributed by atoms with E-state index in [0.717, 1.165) is 0 Å². The summed E-state index contributed by atoms with van der Waals surface area (Å²) < 4.78 is 23.7. The molecule has 0 bridgehead atoms. The molecule has 0 spiro atoms. The van der Waals surface area contributed by atoms with Crippen LogP contribution in [0.3, 0.4) is 0 Å². The van der Waals surface area contributed by atoms with Gasteiger partial charge in [0.15, 0.2) is 6.10 Å². The van der Waals surface area contributed by atoms with Crippen molar-refractivity contribution < 1.29 is 28.3 Å². The van der Waals surface area contributed by atoms with Gasteiger partial charge in [-0.3, -0.25) is 4.79 Å². The molecule has 2 heterocycles. The maximum atomic E-state index is 13.3. The van der Waals surface area contributed by atoms with E-state index in [9.17, 15) is 14.0 Å². The van der Waals surface area contributed by atoms with E-state index in [-0.39, 0.29) is 12.3 Å². The van der Waals surface area contributed by atoms with Gasteiger partial charge in [-0.2, -0.15) is 0 Å². The first-order valence-corrected chi connectivity index (χ1v) is 8.10. The van der Waals surface area contributed by atoms with Gasteiger partial charge in [0.1, 0.15) is 5.82 Å². The summed E-state index contributed by atoms with van der Waals surface area (Å²) >= 11 is 0. The highest BCUT2D eigenvalue weighted by Crippen LogP contribution is 2.19. The van der Waals surface area contributed by atoms with Crippen LogP contribution in [-0.4, -0.2) is 61.0 Å². The van der Waals surface area contributed by atoms with E-state index < -0.39 is 24.0 Å². The quantitative estimate of drug-likeness (QED) is 0.760. The van der Waals surface area contributed by atoms with Crippen molar-refractivity contribution in [2.75, 3.05) is 26.3 Å². The number of amides is 1. The van der Waals surface area contributed by atoms with E-state index in [1.807, 2.05) is 0 Å². The molecule has 1 aromatic rings. The fourth-order valence-electron chi connectivity index (χ4n) is 2.68. The third kappa shape index (κ3) is 4.14. The highest BCUT2D eigenvalue weighted by Gasteiger charge is 2.33. The van der Waals surface area contributed by atoms with Crippen molar-refractivity contribution >= 4 is 17.6 Å². The Morgan fingerprint density at radius 1 is 1.36 bits per heavy atom. The maximum Gasteiger partial charge on any atom is 0.351 e. The molecule has 0 aliphatic carbocycles. The third-order valence-corrected chi connectivity index (χ3v) is 4.05. The number of oxime groups is 1. The number of halogens is 1. The van der Waals surface area contributed by atoms with Crippen LogP contribution in [0.4, 0.5) is 4.39 Å². The Labute approximate surface area is 144 Å². The van der Waals surface area contributed by atoms with Crippen LogP contribution in [0.25, 0.3) is 0 Å². The Bertz CT molecular complexity index is 687. The summed E-state index contributed by atoms with van der Waals surface area (Å²) in [5.41, 5.74) is 1.02. The lowest BCUT2D eigenvalue weighted by Crippen LogP contribution is -2.46. The zero-order valence-electron chi connectivity index (χ0n) is 13.8. The monoisotopic (exact) mass is 350 g/mol. The van der Waals surface area contributed by atoms with E-state index in [0.29, 0.717) is 37.6 Å². The molecular formula is C17H19FN2O5. The largest absolute Gasteiger partial charge is 0.450 e. The Balaban J connectivity index is 1.53. The van der Waals surface area contributed by atoms with Crippen molar-refractivity contribution in [1.29, 1.82) is 0 Å². The first-order chi connectivity index (χ1) is 12.0. The van der Waals surface area contributed by atoms with Crippen molar-refractivity contribution in [2.24, 2.45) is 5.16 Å². The Morgan fingerprint density at radius 2 is 2.12 bits per heavy atom. The van der Waals surface area contributed by atoms with Gasteiger partial charge in [-0.15, -0.1) is 0 Å². The molecule has 134 valence electrons. The number of hydrogen-bond donors (Lipinski definition) is 0. The number of morpholine rings is 1. The summed E-state index contributed by atoms with van der Waals surface area (Å²) in [5.74, 6) is -1.32. The fourth-order valence-corrected chi connectivity index (χ4v) is 2.68. The highest BCUT2D eigenvalue weighted by atomic mass is 19.1. The molecular weight excluding hydrogens is 331 g/mol. The highest BCUT2D eigenvalue weighted by molar-refractivity contribution is 6.03. The van der Waals surface area contributed by atoms with E-state index in [1.165, 1.54) is 19.1 Å². The van der Waals surface area contributed by atoms with Gasteiger partial charge >= 0.3 is 5.97 Å². The van der Waals surface area contributed by atoms with E-state index in [4.69, 9.17) is 14.3 Å². The van der Waals surface area contributed by atoms with Crippen LogP contribution in [0.5, 0.6) is 0 Å². The lowest BCUT2D eigenvalue weighted by molar-refractivity contribution is -0.168. The molecule has 2 aliphatic heterocycles. The summed E-state index contributed by atoms with van der Waals surface area (Å²) in [5, 5.41) is 3.83. The van der Waals surface area contributed by atoms with E-state index >= 15 is 0 Å². The van der Waals surface area contributed by atoms with Crippen LogP contribution in [0.15, 0.2) is 29.4 Å². The summed E-state index contributed by atoms with van der Waals surface area (Å²) in [4.78, 5) is 31.1. The summed E-state index contributed by atoms with van der Waals surface area (Å²) in [7, 11) is 0. The molecule has 8 heteroatoms. The van der Waals surface area contributed by atoms with Crippen molar-refractivity contribution in [3.8, 4) is 0 Å². The van der Waals surface area contributed by atoms with Gasteiger partial charge < -0.3 is 19.2 Å². The topological polar surface area (TPSA) is 77.4 Å². The number of benzene rings is 1. The second-order valence-corrected chi connectivity index (χ2v) is 5.86. The van der Waals surface area contributed by atoms with Crippen LogP contribution >= 0.6 is 0 Å². The van der Waals surface area contributed by atoms with Crippen molar-refractivity contribution in [3.05, 3.63) is 35.6 Å². The van der Waals surface area contributed by atoms with Crippen LogP contribution in [0, 0.1) is 5.82 Å². The number of hydrogen-bond acceptors (Lipinski definition) is 6. The number of esters is 1. The summed E-state index contributed by atoms with van der Waals surface area (Å²) in [6.07, 6.45) is -1.67. The van der Waals surface area contributed by atoms with Gasteiger partial charge in [-0.25, -0.2) is 9.18 Å². The fraction of sp³-hybridized carbons (Fsp3) is 0.471. The normalized spacial score (nSPS) is 21.3. The zero-order chi connectivity index (χ0) is 17.8. The lowest BCUT2D eigenvalue weighted by Gasteiger charge is -2.29. The van der Waals surface area contributed by atoms with Gasteiger partial charge in [-0.1, -0.05) is 17.3 Å². The Kier molecular flexibility index (Phi) is 5.28. The molecule has 1 fully saturated rings. The smallest absolute Gasteiger partial charge is 0.351 e. The SMILES string of the molecule is CC(OC(=O)C1CC(c2cccc(F)c2)=NO1)C(=O)N1CCOCC1. The maximum absolute atomic E-state index is 13.3. The Morgan fingerprint density at radius 3 is 2.84 bits per heavy atom. The van der Waals surface area contributed by atoms with Gasteiger partial charge in [0, 0.05) is 25.1 Å². The predicted octanol–water partition coefficient (Wildman–Crippen LogP) is 1.11. The second kappa shape index (κ2) is 7.60. The van der Waals surface area contributed by atoms with Crippen LogP contribution < -0.4 is 0 Å². The van der Waals surface area contributed by atoms with Crippen LogP contribution in [-0.2, 0) is 23.9 Å². The van der Waals surface area contributed by atoms with Crippen molar-refractivity contribution in [3.63, 3.8) is 0 Å². The molecule has 25 heavy (non-hydrogen) atoms. The average Bonchev–Trinajstić information content (AvgIpc) is 3.12. The number of carbonyl (C=O) groups is 2. The number of rotatable bonds is 4. The molecule has 0 N–H and O–H groups in total. The molecule has 7 nitrogen and oxygen atoms in total. The zero-order valence-corrected chi connectivity index (χ0v) is 13.8. The van der Waals surface area contributed by atoms with Gasteiger partial charge in [0.2, 0.25) is 6.10 Å². The number of nitrogens with zero attached hydrogens (tertiary/aromatic N) is 2.